The van der Waals surface area contributed by atoms with Crippen LogP contribution in [0.2, 0.25) is 0 Å². The second-order valence-electron chi connectivity index (χ2n) is 8.28. The number of ether oxygens (including phenoxy) is 1. The van der Waals surface area contributed by atoms with Gasteiger partial charge in [0.2, 0.25) is 5.91 Å². The Balaban J connectivity index is 1.77. The molecule has 1 aromatic carbocycles. The number of rotatable bonds is 5. The Hall–Kier alpha value is -2.64. The zero-order valence-corrected chi connectivity index (χ0v) is 17.9. The molecule has 2 aromatic rings. The summed E-state index contributed by atoms with van der Waals surface area (Å²) in [7, 11) is 5.10. The first-order valence-corrected chi connectivity index (χ1v) is 10.4. The summed E-state index contributed by atoms with van der Waals surface area (Å²) >= 11 is 0. The molecule has 1 N–H and O–H groups in total. The Labute approximate surface area is 176 Å². The number of nitrogens with zero attached hydrogens (tertiary/aromatic N) is 3. The summed E-state index contributed by atoms with van der Waals surface area (Å²) in [4.78, 5) is 30.0. The Morgan fingerprint density at radius 1 is 1.27 bits per heavy atom. The third-order valence-corrected chi connectivity index (χ3v) is 6.63. The summed E-state index contributed by atoms with van der Waals surface area (Å²) in [6.45, 7) is 3.13. The molecule has 2 aliphatic rings. The Morgan fingerprint density at radius 3 is 2.67 bits per heavy atom. The fourth-order valence-corrected chi connectivity index (χ4v) is 5.24. The lowest BCUT2D eigenvalue weighted by atomic mass is 9.88. The smallest absolute Gasteiger partial charge is 0.258 e. The summed E-state index contributed by atoms with van der Waals surface area (Å²) in [5, 5.41) is 10.2. The summed E-state index contributed by atoms with van der Waals surface area (Å²) in [6.07, 6.45) is 0. The second-order valence-corrected chi connectivity index (χ2v) is 8.28. The van der Waals surface area contributed by atoms with Crippen LogP contribution in [-0.2, 0) is 11.3 Å². The lowest BCUT2D eigenvalue weighted by molar-refractivity contribution is -0.135. The normalized spacial score (nSPS) is 25.1. The molecule has 1 saturated heterocycles. The van der Waals surface area contributed by atoms with Gasteiger partial charge in [0.25, 0.3) is 5.56 Å². The third-order valence-electron chi connectivity index (χ3n) is 6.63. The molecule has 30 heavy (non-hydrogen) atoms. The number of benzene rings is 1. The molecule has 1 fully saturated rings. The lowest BCUT2D eigenvalue weighted by Gasteiger charge is -2.31. The first kappa shape index (κ1) is 20.6. The molecule has 4 atom stereocenters. The number of hydrogen-bond donors (Lipinski definition) is 1. The molecule has 7 nitrogen and oxygen atoms in total. The van der Waals surface area contributed by atoms with Crippen LogP contribution in [0.25, 0.3) is 11.1 Å². The van der Waals surface area contributed by atoms with Gasteiger partial charge in [0.15, 0.2) is 0 Å². The van der Waals surface area contributed by atoms with Crippen LogP contribution < -0.4 is 10.3 Å². The van der Waals surface area contributed by atoms with Crippen molar-refractivity contribution in [2.75, 3.05) is 34.4 Å². The molecule has 3 heterocycles. The Kier molecular flexibility index (Phi) is 5.42. The van der Waals surface area contributed by atoms with E-state index in [4.69, 9.17) is 4.74 Å². The zero-order valence-electron chi connectivity index (χ0n) is 17.9. The molecule has 0 spiro atoms. The largest absolute Gasteiger partial charge is 0.497 e. The van der Waals surface area contributed by atoms with Crippen molar-refractivity contribution in [1.82, 2.24) is 14.4 Å². The van der Waals surface area contributed by atoms with Gasteiger partial charge in [-0.15, -0.1) is 0 Å². The molecule has 0 unspecified atom stereocenters. The van der Waals surface area contributed by atoms with E-state index >= 15 is 0 Å². The summed E-state index contributed by atoms with van der Waals surface area (Å²) in [5.41, 5.74) is 2.32. The fraction of sp³-hybridized carbons (Fsp3) is 0.478. The number of fused-ring (bicyclic) bond motifs is 3. The first-order chi connectivity index (χ1) is 14.4. The highest BCUT2D eigenvalue weighted by atomic mass is 16.5. The maximum absolute atomic E-state index is 13.4. The standard InChI is InChI=1S/C23H29N3O4/c1-5-25-20-17(18(13-27)21(25)23(29)24(2)3)12-26-19(20)10-9-16(22(26)28)14-7-6-8-15(11-14)30-4/h6-11,17-18,20-21,27H,5,12-13H2,1-4H3/t17-,18-,20+,21-/m1/s1. The highest BCUT2D eigenvalue weighted by Gasteiger charge is 2.55. The molecular weight excluding hydrogens is 382 g/mol. The molecule has 160 valence electrons. The van der Waals surface area contributed by atoms with Gasteiger partial charge in [0.1, 0.15) is 5.75 Å². The van der Waals surface area contributed by atoms with Gasteiger partial charge in [-0.05, 0) is 36.4 Å². The van der Waals surface area contributed by atoms with E-state index in [1.165, 1.54) is 0 Å². The number of hydrogen-bond acceptors (Lipinski definition) is 5. The Bertz CT molecular complexity index is 1020. The highest BCUT2D eigenvalue weighted by molar-refractivity contribution is 5.82. The van der Waals surface area contributed by atoms with Gasteiger partial charge in [-0.3, -0.25) is 14.5 Å². The number of carbonyl (C=O) groups is 1. The lowest BCUT2D eigenvalue weighted by Crippen LogP contribution is -2.47. The number of aliphatic hydroxyl groups excluding tert-OH is 1. The summed E-state index contributed by atoms with van der Waals surface area (Å²) in [5.74, 6) is 0.533. The van der Waals surface area contributed by atoms with Gasteiger partial charge in [-0.25, -0.2) is 0 Å². The molecule has 0 aliphatic carbocycles. The van der Waals surface area contributed by atoms with Crippen LogP contribution in [0.15, 0.2) is 41.2 Å². The van der Waals surface area contributed by atoms with Gasteiger partial charge in [0, 0.05) is 50.3 Å². The van der Waals surface area contributed by atoms with Crippen LogP contribution in [0.4, 0.5) is 0 Å². The van der Waals surface area contributed by atoms with Crippen LogP contribution in [0.1, 0.15) is 18.7 Å². The number of likely N-dealkylation sites (N-methyl/N-ethyl adjacent to an activating group) is 2. The minimum absolute atomic E-state index is 0.00666. The molecule has 1 aromatic heterocycles. The van der Waals surface area contributed by atoms with Crippen molar-refractivity contribution in [1.29, 1.82) is 0 Å². The highest BCUT2D eigenvalue weighted by Crippen LogP contribution is 2.49. The molecule has 1 amide bonds. The Morgan fingerprint density at radius 2 is 2.03 bits per heavy atom. The SMILES string of the molecule is CCN1[C@@H]2c3ccc(-c4cccc(OC)c4)c(=O)n3C[C@@H]2[C@@H](CO)[C@@H]1C(=O)N(C)C. The molecule has 2 aliphatic heterocycles. The molecular formula is C23H29N3O4. The molecule has 0 saturated carbocycles. The first-order valence-electron chi connectivity index (χ1n) is 10.4. The van der Waals surface area contributed by atoms with Gasteiger partial charge in [-0.1, -0.05) is 19.1 Å². The van der Waals surface area contributed by atoms with Crippen molar-refractivity contribution in [2.45, 2.75) is 25.6 Å². The van der Waals surface area contributed by atoms with E-state index in [1.54, 1.807) is 26.1 Å². The second kappa shape index (κ2) is 7.89. The maximum Gasteiger partial charge on any atom is 0.258 e. The molecule has 4 rings (SSSR count). The number of aromatic nitrogens is 1. The molecule has 0 radical (unpaired) electrons. The monoisotopic (exact) mass is 411 g/mol. The minimum Gasteiger partial charge on any atom is -0.497 e. The van der Waals surface area contributed by atoms with Gasteiger partial charge in [-0.2, -0.15) is 0 Å². The topological polar surface area (TPSA) is 75.0 Å². The van der Waals surface area contributed by atoms with Gasteiger partial charge < -0.3 is 19.3 Å². The number of carbonyl (C=O) groups excluding carboxylic acids is 1. The number of aliphatic hydroxyl groups is 1. The van der Waals surface area contributed by atoms with E-state index in [1.807, 2.05) is 47.9 Å². The number of methoxy groups -OCH3 is 1. The van der Waals surface area contributed by atoms with Crippen molar-refractivity contribution in [2.24, 2.45) is 11.8 Å². The average Bonchev–Trinajstić information content (AvgIpc) is 3.27. The van der Waals surface area contributed by atoms with E-state index in [0.717, 1.165) is 11.3 Å². The van der Waals surface area contributed by atoms with E-state index < -0.39 is 0 Å². The van der Waals surface area contributed by atoms with E-state index in [9.17, 15) is 14.7 Å². The van der Waals surface area contributed by atoms with Crippen LogP contribution >= 0.6 is 0 Å². The minimum atomic E-state index is -0.369. The van der Waals surface area contributed by atoms with Crippen molar-refractivity contribution >= 4 is 5.91 Å². The van der Waals surface area contributed by atoms with Crippen LogP contribution in [0.5, 0.6) is 5.75 Å². The number of likely N-dealkylation sites (tertiary alicyclic amines) is 1. The van der Waals surface area contributed by atoms with Gasteiger partial charge in [0.05, 0.1) is 19.2 Å². The third kappa shape index (κ3) is 3.04. The number of amides is 1. The van der Waals surface area contributed by atoms with Crippen molar-refractivity contribution < 1.29 is 14.6 Å². The molecule has 0 bridgehead atoms. The fourth-order valence-electron chi connectivity index (χ4n) is 5.24. The summed E-state index contributed by atoms with van der Waals surface area (Å²) in [6, 6.07) is 10.9. The van der Waals surface area contributed by atoms with E-state index in [-0.39, 0.29) is 42.0 Å². The van der Waals surface area contributed by atoms with Crippen molar-refractivity contribution in [3.8, 4) is 16.9 Å². The van der Waals surface area contributed by atoms with Crippen LogP contribution in [0.3, 0.4) is 0 Å². The maximum atomic E-state index is 13.4. The summed E-state index contributed by atoms with van der Waals surface area (Å²) < 4.78 is 7.13. The van der Waals surface area contributed by atoms with E-state index in [0.29, 0.717) is 24.4 Å². The number of pyridine rings is 1. The van der Waals surface area contributed by atoms with Crippen molar-refractivity contribution in [3.05, 3.63) is 52.4 Å². The van der Waals surface area contributed by atoms with Gasteiger partial charge >= 0.3 is 0 Å². The quantitative estimate of drug-likeness (QED) is 0.809. The molecule has 7 heteroatoms. The average molecular weight is 412 g/mol. The predicted molar refractivity (Wildman–Crippen MR) is 114 cm³/mol. The zero-order chi connectivity index (χ0) is 21.6. The predicted octanol–water partition coefficient (Wildman–Crippen LogP) is 1.60. The van der Waals surface area contributed by atoms with Crippen LogP contribution in [-0.4, -0.2) is 65.8 Å². The van der Waals surface area contributed by atoms with E-state index in [2.05, 4.69) is 4.90 Å². The van der Waals surface area contributed by atoms with Crippen LogP contribution in [0, 0.1) is 11.8 Å². The van der Waals surface area contributed by atoms with Crippen molar-refractivity contribution in [3.63, 3.8) is 0 Å².